The number of aliphatic hydroxyl groups excluding tert-OH is 1. The van der Waals surface area contributed by atoms with E-state index in [2.05, 4.69) is 11.8 Å². The number of phenols is 1. The van der Waals surface area contributed by atoms with Crippen molar-refractivity contribution in [2.45, 2.75) is 75.2 Å². The van der Waals surface area contributed by atoms with E-state index in [0.29, 0.717) is 18.6 Å². The normalized spacial score (nSPS) is 40.4. The maximum atomic E-state index is 12.1. The second-order valence-corrected chi connectivity index (χ2v) is 8.97. The fourth-order valence-electron chi connectivity index (χ4n) is 5.99. The third kappa shape index (κ3) is 1.97. The molecule has 0 saturated heterocycles. The topological polar surface area (TPSA) is 73.2 Å². The zero-order valence-electron chi connectivity index (χ0n) is 15.6. The number of rotatable bonds is 4. The molecule has 0 unspecified atom stereocenters. The molecule has 5 heteroatoms. The van der Waals surface area contributed by atoms with Gasteiger partial charge in [0, 0.05) is 18.2 Å². The first-order chi connectivity index (χ1) is 12.4. The highest BCUT2D eigenvalue weighted by molar-refractivity contribution is 5.61. The van der Waals surface area contributed by atoms with E-state index in [1.165, 1.54) is 12.8 Å². The molecule has 0 bridgehead atoms. The zero-order chi connectivity index (χ0) is 18.3. The summed E-state index contributed by atoms with van der Waals surface area (Å²) in [5, 5.41) is 33.1. The number of aliphatic hydroxyl groups is 2. The van der Waals surface area contributed by atoms with Crippen LogP contribution in [0.15, 0.2) is 12.1 Å². The zero-order valence-corrected chi connectivity index (χ0v) is 15.6. The minimum absolute atomic E-state index is 0.0136. The Hall–Kier alpha value is -1.30. The number of phenolic OH excluding ortho intramolecular Hbond substituents is 1. The molecule has 1 aromatic rings. The largest absolute Gasteiger partial charge is 0.504 e. The first-order valence-electron chi connectivity index (χ1n) is 10.1. The lowest BCUT2D eigenvalue weighted by atomic mass is 9.52. The molecule has 0 aromatic heterocycles. The van der Waals surface area contributed by atoms with Crippen molar-refractivity contribution in [1.82, 2.24) is 4.90 Å². The first kappa shape index (κ1) is 16.8. The van der Waals surface area contributed by atoms with Crippen molar-refractivity contribution in [3.63, 3.8) is 0 Å². The predicted molar refractivity (Wildman–Crippen MR) is 97.5 cm³/mol. The Balaban J connectivity index is 1.67. The van der Waals surface area contributed by atoms with Gasteiger partial charge in [-0.05, 0) is 63.1 Å². The van der Waals surface area contributed by atoms with Gasteiger partial charge in [0.25, 0.3) is 0 Å². The SMILES string of the molecule is CCN(CC1CC1)[C@H]1Cc2ccc(O)c3c2[C@]2(C)[C@H](O3)[C@H](O)CC[C@]12O. The number of aromatic hydroxyl groups is 1. The standard InChI is InChI=1S/C21H29NO4/c1-3-22(11-12-4-5-12)16-10-13-6-7-14(23)18-17(13)20(2)19(26-18)15(24)8-9-21(16,20)25/h6-7,12,15-16,19,23-25H,3-5,8-11H2,1-2H3/t15-,16+,19-,20-,21+/m1/s1. The molecule has 5 rings (SSSR count). The van der Waals surface area contributed by atoms with Gasteiger partial charge in [-0.15, -0.1) is 0 Å². The van der Waals surface area contributed by atoms with E-state index in [1.54, 1.807) is 6.07 Å². The van der Waals surface area contributed by atoms with Crippen molar-refractivity contribution < 1.29 is 20.1 Å². The van der Waals surface area contributed by atoms with E-state index in [4.69, 9.17) is 4.74 Å². The number of hydrogen-bond acceptors (Lipinski definition) is 5. The second-order valence-electron chi connectivity index (χ2n) is 8.97. The lowest BCUT2D eigenvalue weighted by molar-refractivity contribution is -0.178. The molecule has 3 aliphatic carbocycles. The van der Waals surface area contributed by atoms with Crippen molar-refractivity contribution in [3.8, 4) is 11.5 Å². The van der Waals surface area contributed by atoms with Crippen LogP contribution in [0.5, 0.6) is 11.5 Å². The van der Waals surface area contributed by atoms with Crippen LogP contribution < -0.4 is 4.74 Å². The highest BCUT2D eigenvalue weighted by Crippen LogP contribution is 2.62. The number of nitrogens with zero attached hydrogens (tertiary/aromatic N) is 1. The molecule has 2 fully saturated rings. The molecule has 1 aromatic carbocycles. The van der Waals surface area contributed by atoms with Crippen molar-refractivity contribution >= 4 is 0 Å². The average molecular weight is 359 g/mol. The van der Waals surface area contributed by atoms with Gasteiger partial charge in [-0.25, -0.2) is 0 Å². The second kappa shape index (κ2) is 5.37. The van der Waals surface area contributed by atoms with Gasteiger partial charge in [-0.2, -0.15) is 0 Å². The van der Waals surface area contributed by atoms with Gasteiger partial charge in [0.15, 0.2) is 11.5 Å². The van der Waals surface area contributed by atoms with Gasteiger partial charge >= 0.3 is 0 Å². The molecular formula is C21H29NO4. The van der Waals surface area contributed by atoms with Crippen LogP contribution in [0.1, 0.15) is 50.7 Å². The van der Waals surface area contributed by atoms with Crippen LogP contribution in [0, 0.1) is 5.92 Å². The van der Waals surface area contributed by atoms with Crippen LogP contribution in [0.2, 0.25) is 0 Å². The van der Waals surface area contributed by atoms with E-state index >= 15 is 0 Å². The highest BCUT2D eigenvalue weighted by atomic mass is 16.5. The van der Waals surface area contributed by atoms with E-state index in [1.807, 2.05) is 13.0 Å². The Labute approximate surface area is 154 Å². The van der Waals surface area contributed by atoms with E-state index in [-0.39, 0.29) is 11.8 Å². The quantitative estimate of drug-likeness (QED) is 0.766. The number of hydrogen-bond donors (Lipinski definition) is 3. The van der Waals surface area contributed by atoms with Crippen LogP contribution in [-0.4, -0.2) is 57.2 Å². The molecule has 5 atom stereocenters. The third-order valence-corrected chi connectivity index (χ3v) is 7.63. The molecular weight excluding hydrogens is 330 g/mol. The molecule has 3 N–H and O–H groups in total. The van der Waals surface area contributed by atoms with Crippen molar-refractivity contribution in [3.05, 3.63) is 23.3 Å². The van der Waals surface area contributed by atoms with E-state index in [9.17, 15) is 15.3 Å². The number of ether oxygens (including phenoxy) is 1. The Morgan fingerprint density at radius 2 is 2.04 bits per heavy atom. The van der Waals surface area contributed by atoms with Gasteiger partial charge in [0.05, 0.1) is 17.1 Å². The summed E-state index contributed by atoms with van der Waals surface area (Å²) < 4.78 is 6.09. The lowest BCUT2D eigenvalue weighted by Crippen LogP contribution is -2.72. The van der Waals surface area contributed by atoms with Gasteiger partial charge < -0.3 is 20.1 Å². The summed E-state index contributed by atoms with van der Waals surface area (Å²) in [6.07, 6.45) is 3.29. The fourth-order valence-corrected chi connectivity index (χ4v) is 5.99. The Morgan fingerprint density at radius 3 is 2.73 bits per heavy atom. The summed E-state index contributed by atoms with van der Waals surface area (Å²) in [5.41, 5.74) is 0.394. The van der Waals surface area contributed by atoms with Crippen LogP contribution in [0.25, 0.3) is 0 Å². The number of benzene rings is 1. The first-order valence-corrected chi connectivity index (χ1v) is 10.1. The molecule has 5 nitrogen and oxygen atoms in total. The molecule has 1 heterocycles. The van der Waals surface area contributed by atoms with Crippen LogP contribution in [0.4, 0.5) is 0 Å². The maximum absolute atomic E-state index is 12.1. The smallest absolute Gasteiger partial charge is 0.165 e. The summed E-state index contributed by atoms with van der Waals surface area (Å²) in [6, 6.07) is 3.68. The van der Waals surface area contributed by atoms with Crippen molar-refractivity contribution in [2.24, 2.45) is 5.92 Å². The summed E-state index contributed by atoms with van der Waals surface area (Å²) in [6.45, 7) is 6.15. The minimum atomic E-state index is -0.964. The summed E-state index contributed by atoms with van der Waals surface area (Å²) in [7, 11) is 0. The highest BCUT2D eigenvalue weighted by Gasteiger charge is 2.69. The summed E-state index contributed by atoms with van der Waals surface area (Å²) in [5.74, 6) is 1.34. The lowest BCUT2D eigenvalue weighted by Gasteiger charge is -2.58. The van der Waals surface area contributed by atoms with E-state index < -0.39 is 23.2 Å². The third-order valence-electron chi connectivity index (χ3n) is 7.63. The molecule has 0 radical (unpaired) electrons. The van der Waals surface area contributed by atoms with E-state index in [0.717, 1.165) is 36.6 Å². The Bertz CT molecular complexity index is 748. The molecule has 142 valence electrons. The van der Waals surface area contributed by atoms with Crippen molar-refractivity contribution in [1.29, 1.82) is 0 Å². The molecule has 26 heavy (non-hydrogen) atoms. The Morgan fingerprint density at radius 1 is 1.27 bits per heavy atom. The molecule has 1 aliphatic heterocycles. The van der Waals surface area contributed by atoms with Gasteiger partial charge in [0.2, 0.25) is 0 Å². The van der Waals surface area contributed by atoms with Gasteiger partial charge in [-0.1, -0.05) is 13.0 Å². The van der Waals surface area contributed by atoms with Crippen LogP contribution in [0.3, 0.4) is 0 Å². The Kier molecular flexibility index (Phi) is 3.48. The summed E-state index contributed by atoms with van der Waals surface area (Å²) in [4.78, 5) is 2.45. The maximum Gasteiger partial charge on any atom is 0.165 e. The number of likely N-dealkylation sites (N-methyl/N-ethyl adjacent to an activating group) is 1. The van der Waals surface area contributed by atoms with Crippen LogP contribution >= 0.6 is 0 Å². The molecule has 0 amide bonds. The van der Waals surface area contributed by atoms with Crippen molar-refractivity contribution in [2.75, 3.05) is 13.1 Å². The minimum Gasteiger partial charge on any atom is -0.504 e. The summed E-state index contributed by atoms with van der Waals surface area (Å²) >= 11 is 0. The monoisotopic (exact) mass is 359 g/mol. The average Bonchev–Trinajstić information content (AvgIpc) is 3.37. The van der Waals surface area contributed by atoms with Crippen LogP contribution in [-0.2, 0) is 11.8 Å². The predicted octanol–water partition coefficient (Wildman–Crippen LogP) is 1.95. The molecule has 4 aliphatic rings. The fraction of sp³-hybridized carbons (Fsp3) is 0.714. The molecule has 2 saturated carbocycles. The van der Waals surface area contributed by atoms with Gasteiger partial charge in [0.1, 0.15) is 6.10 Å². The van der Waals surface area contributed by atoms with Gasteiger partial charge in [-0.3, -0.25) is 4.90 Å². The molecule has 0 spiro atoms.